The number of nitrogens with zero attached hydrogens (tertiary/aromatic N) is 3. The first-order valence-corrected chi connectivity index (χ1v) is 12.4. The molecule has 5 rings (SSSR count). The standard InChI is InChI=1S/C29H28N4O4/c30-17-21-6-8-22(9-7-21)18-33-25-14-23(10-11-26(25)37-29(33)36)16-28(35)31-27(32-13-12-24(34)19-32)15-20-4-2-1-3-5-20/h1-11,14,24,27,34H,12-13,15-16,18-19H2,(H,31,35)/t24-,27?/m0/s1. The number of carbonyl (C=O) groups is 1. The molecule has 1 amide bonds. The van der Waals surface area contributed by atoms with Crippen molar-refractivity contribution >= 4 is 17.0 Å². The van der Waals surface area contributed by atoms with Crippen molar-refractivity contribution in [2.24, 2.45) is 0 Å². The summed E-state index contributed by atoms with van der Waals surface area (Å²) in [5, 5.41) is 22.2. The Balaban J connectivity index is 1.33. The van der Waals surface area contributed by atoms with Gasteiger partial charge in [-0.15, -0.1) is 0 Å². The number of rotatable bonds is 8. The third-order valence-electron chi connectivity index (χ3n) is 6.76. The van der Waals surface area contributed by atoms with Crippen molar-refractivity contribution in [3.05, 3.63) is 106 Å². The molecule has 4 aromatic rings. The lowest BCUT2D eigenvalue weighted by Crippen LogP contribution is -2.49. The number of likely N-dealkylation sites (tertiary alicyclic amines) is 1. The Bertz CT molecular complexity index is 1480. The van der Waals surface area contributed by atoms with Gasteiger partial charge < -0.3 is 14.8 Å². The van der Waals surface area contributed by atoms with Crippen molar-refractivity contribution in [2.45, 2.75) is 38.1 Å². The molecule has 0 radical (unpaired) electrons. The molecule has 0 bridgehead atoms. The normalized spacial score (nSPS) is 16.5. The van der Waals surface area contributed by atoms with Crippen LogP contribution in [0.25, 0.3) is 11.1 Å². The molecule has 1 aliphatic rings. The minimum absolute atomic E-state index is 0.133. The summed E-state index contributed by atoms with van der Waals surface area (Å²) in [6.45, 7) is 1.55. The number of aliphatic hydroxyl groups excluding tert-OH is 1. The molecule has 2 N–H and O–H groups in total. The van der Waals surface area contributed by atoms with E-state index in [9.17, 15) is 14.7 Å². The van der Waals surface area contributed by atoms with E-state index in [1.165, 1.54) is 4.57 Å². The number of hydrogen-bond donors (Lipinski definition) is 2. The van der Waals surface area contributed by atoms with Crippen molar-refractivity contribution in [3.8, 4) is 6.07 Å². The molecule has 0 saturated carbocycles. The first-order valence-electron chi connectivity index (χ1n) is 12.4. The highest BCUT2D eigenvalue weighted by Crippen LogP contribution is 2.19. The van der Waals surface area contributed by atoms with E-state index in [1.54, 1.807) is 24.3 Å². The number of aromatic nitrogens is 1. The van der Waals surface area contributed by atoms with E-state index in [0.717, 1.165) is 23.2 Å². The van der Waals surface area contributed by atoms with Crippen LogP contribution in [-0.4, -0.2) is 45.8 Å². The number of oxazole rings is 1. The molecule has 0 spiro atoms. The van der Waals surface area contributed by atoms with Gasteiger partial charge in [0.25, 0.3) is 0 Å². The number of fused-ring (bicyclic) bond motifs is 1. The van der Waals surface area contributed by atoms with Crippen molar-refractivity contribution in [1.29, 1.82) is 5.26 Å². The highest BCUT2D eigenvalue weighted by atomic mass is 16.4. The zero-order chi connectivity index (χ0) is 25.8. The molecule has 0 aliphatic carbocycles. The molecule has 8 nitrogen and oxygen atoms in total. The van der Waals surface area contributed by atoms with Crippen LogP contribution in [0.1, 0.15) is 28.7 Å². The average molecular weight is 497 g/mol. The lowest BCUT2D eigenvalue weighted by atomic mass is 10.1. The van der Waals surface area contributed by atoms with Crippen LogP contribution in [0.15, 0.2) is 82.0 Å². The van der Waals surface area contributed by atoms with Crippen LogP contribution >= 0.6 is 0 Å². The van der Waals surface area contributed by atoms with Crippen molar-refractivity contribution < 1.29 is 14.3 Å². The molecule has 1 aliphatic heterocycles. The zero-order valence-electron chi connectivity index (χ0n) is 20.3. The average Bonchev–Trinajstić information content (AvgIpc) is 3.47. The summed E-state index contributed by atoms with van der Waals surface area (Å²) in [6, 6.07) is 24.4. The van der Waals surface area contributed by atoms with Crippen LogP contribution in [0.5, 0.6) is 0 Å². The van der Waals surface area contributed by atoms with Crippen molar-refractivity contribution in [2.75, 3.05) is 13.1 Å². The Labute approximate surface area is 214 Å². The Hall–Kier alpha value is -4.19. The monoisotopic (exact) mass is 496 g/mol. The second-order valence-corrected chi connectivity index (χ2v) is 9.45. The summed E-state index contributed by atoms with van der Waals surface area (Å²) >= 11 is 0. The Morgan fingerprint density at radius 2 is 1.84 bits per heavy atom. The van der Waals surface area contributed by atoms with E-state index in [1.807, 2.05) is 48.5 Å². The van der Waals surface area contributed by atoms with E-state index >= 15 is 0 Å². The highest BCUT2D eigenvalue weighted by Gasteiger charge is 2.28. The number of nitrogens with one attached hydrogen (secondary N) is 1. The minimum Gasteiger partial charge on any atom is -0.408 e. The molecule has 37 heavy (non-hydrogen) atoms. The third-order valence-corrected chi connectivity index (χ3v) is 6.76. The molecular weight excluding hydrogens is 468 g/mol. The second kappa shape index (κ2) is 10.8. The van der Waals surface area contributed by atoms with E-state index in [2.05, 4.69) is 16.3 Å². The molecular formula is C29H28N4O4. The van der Waals surface area contributed by atoms with Crippen molar-refractivity contribution in [3.63, 3.8) is 0 Å². The van der Waals surface area contributed by atoms with E-state index in [4.69, 9.17) is 9.68 Å². The van der Waals surface area contributed by atoms with Crippen LogP contribution < -0.4 is 11.1 Å². The molecule has 3 aromatic carbocycles. The Kier molecular flexibility index (Phi) is 7.17. The van der Waals surface area contributed by atoms with Gasteiger partial charge >= 0.3 is 5.76 Å². The molecule has 1 aromatic heterocycles. The predicted octanol–water partition coefficient (Wildman–Crippen LogP) is 2.81. The largest absolute Gasteiger partial charge is 0.420 e. The lowest BCUT2D eigenvalue weighted by molar-refractivity contribution is -0.122. The summed E-state index contributed by atoms with van der Waals surface area (Å²) in [5.74, 6) is -0.609. The molecule has 1 saturated heterocycles. The molecule has 2 heterocycles. The Morgan fingerprint density at radius 1 is 1.08 bits per heavy atom. The lowest BCUT2D eigenvalue weighted by Gasteiger charge is -2.28. The van der Waals surface area contributed by atoms with E-state index < -0.39 is 5.76 Å². The first-order chi connectivity index (χ1) is 18.0. The number of β-amino-alcohol motifs (C(OH)–C–C–N with tert-alkyl or cyclic N) is 1. The summed E-state index contributed by atoms with van der Waals surface area (Å²) in [6.07, 6.45) is 0.874. The second-order valence-electron chi connectivity index (χ2n) is 9.45. The van der Waals surface area contributed by atoms with Crippen LogP contribution in [0.4, 0.5) is 0 Å². The van der Waals surface area contributed by atoms with Gasteiger partial charge in [-0.2, -0.15) is 5.26 Å². The van der Waals surface area contributed by atoms with E-state index in [0.29, 0.717) is 42.6 Å². The third kappa shape index (κ3) is 5.80. The van der Waals surface area contributed by atoms with Gasteiger partial charge in [0.1, 0.15) is 0 Å². The fraction of sp³-hybridized carbons (Fsp3) is 0.276. The number of nitriles is 1. The molecule has 1 fully saturated rings. The van der Waals surface area contributed by atoms with Crippen LogP contribution in [0, 0.1) is 11.3 Å². The van der Waals surface area contributed by atoms with Crippen LogP contribution in [-0.2, 0) is 24.2 Å². The van der Waals surface area contributed by atoms with Gasteiger partial charge in [-0.25, -0.2) is 4.79 Å². The van der Waals surface area contributed by atoms with E-state index in [-0.39, 0.29) is 24.6 Å². The number of carbonyl (C=O) groups excluding carboxylic acids is 1. The van der Waals surface area contributed by atoms with Crippen LogP contribution in [0.2, 0.25) is 0 Å². The summed E-state index contributed by atoms with van der Waals surface area (Å²) in [5.41, 5.74) is 4.36. The van der Waals surface area contributed by atoms with Gasteiger partial charge in [-0.3, -0.25) is 14.3 Å². The van der Waals surface area contributed by atoms with Gasteiger partial charge in [0.05, 0.1) is 42.4 Å². The fourth-order valence-electron chi connectivity index (χ4n) is 4.82. The van der Waals surface area contributed by atoms with Gasteiger partial charge in [-0.05, 0) is 47.4 Å². The summed E-state index contributed by atoms with van der Waals surface area (Å²) in [7, 11) is 0. The summed E-state index contributed by atoms with van der Waals surface area (Å²) < 4.78 is 6.94. The van der Waals surface area contributed by atoms with Gasteiger partial charge in [0, 0.05) is 19.5 Å². The molecule has 2 atom stereocenters. The minimum atomic E-state index is -0.475. The fourth-order valence-corrected chi connectivity index (χ4v) is 4.82. The number of benzene rings is 3. The van der Waals surface area contributed by atoms with Crippen LogP contribution in [0.3, 0.4) is 0 Å². The van der Waals surface area contributed by atoms with Gasteiger partial charge in [-0.1, -0.05) is 48.5 Å². The zero-order valence-corrected chi connectivity index (χ0v) is 20.3. The molecule has 8 heteroatoms. The quantitative estimate of drug-likeness (QED) is 0.388. The Morgan fingerprint density at radius 3 is 2.54 bits per heavy atom. The van der Waals surface area contributed by atoms with Gasteiger partial charge in [0.15, 0.2) is 5.58 Å². The number of amides is 1. The number of hydrogen-bond acceptors (Lipinski definition) is 6. The van der Waals surface area contributed by atoms with Crippen molar-refractivity contribution in [1.82, 2.24) is 14.8 Å². The summed E-state index contributed by atoms with van der Waals surface area (Å²) in [4.78, 5) is 27.8. The molecule has 1 unspecified atom stereocenters. The van der Waals surface area contributed by atoms with Gasteiger partial charge in [0.2, 0.25) is 5.91 Å². The first kappa shape index (κ1) is 24.5. The maximum Gasteiger partial charge on any atom is 0.420 e. The molecule has 188 valence electrons. The smallest absolute Gasteiger partial charge is 0.408 e. The SMILES string of the molecule is N#Cc1ccc(Cn2c(=O)oc3ccc(CC(=O)NC(Cc4ccccc4)N4CC[C@H](O)C4)cc32)cc1. The topological polar surface area (TPSA) is 112 Å². The maximum atomic E-state index is 13.1. The highest BCUT2D eigenvalue weighted by molar-refractivity contribution is 5.81. The number of aliphatic hydroxyl groups is 1. The predicted molar refractivity (Wildman–Crippen MR) is 139 cm³/mol. The maximum absolute atomic E-state index is 13.1.